The normalized spacial score (nSPS) is 12.1. The van der Waals surface area contributed by atoms with E-state index in [2.05, 4.69) is 30.7 Å². The van der Waals surface area contributed by atoms with Crippen molar-refractivity contribution in [3.05, 3.63) is 42.2 Å². The third kappa shape index (κ3) is 7.15. The van der Waals surface area contributed by atoms with Crippen LogP contribution >= 0.6 is 0 Å². The van der Waals surface area contributed by atoms with E-state index in [1.54, 1.807) is 0 Å². The zero-order chi connectivity index (χ0) is 18.6. The van der Waals surface area contributed by atoms with Gasteiger partial charge >= 0.3 is 0 Å². The van der Waals surface area contributed by atoms with E-state index < -0.39 is 0 Å². The van der Waals surface area contributed by atoms with Crippen LogP contribution in [0.15, 0.2) is 36.7 Å². The van der Waals surface area contributed by atoms with Crippen LogP contribution in [0, 0.1) is 5.92 Å². The Morgan fingerprint density at radius 3 is 2.27 bits per heavy atom. The molecule has 0 aliphatic rings. The van der Waals surface area contributed by atoms with Crippen LogP contribution in [0.2, 0.25) is 0 Å². The molecule has 1 unspecified atom stereocenters. The van der Waals surface area contributed by atoms with Gasteiger partial charge in [0, 0.05) is 18.0 Å². The van der Waals surface area contributed by atoms with Crippen molar-refractivity contribution in [2.45, 2.75) is 72.1 Å². The van der Waals surface area contributed by atoms with E-state index in [-0.39, 0.29) is 0 Å². The molecule has 0 N–H and O–H groups in total. The fourth-order valence-corrected chi connectivity index (χ4v) is 2.85. The molecule has 3 nitrogen and oxygen atoms in total. The number of nitrogens with zero attached hydrogens (tertiary/aromatic N) is 2. The lowest BCUT2D eigenvalue weighted by Crippen LogP contribution is -2.03. The second-order valence-electron chi connectivity index (χ2n) is 7.25. The summed E-state index contributed by atoms with van der Waals surface area (Å²) in [5.74, 6) is 2.42. The predicted octanol–water partition coefficient (Wildman–Crippen LogP) is 6.47. The van der Waals surface area contributed by atoms with Crippen LogP contribution in [0.3, 0.4) is 0 Å². The number of hydrogen-bond acceptors (Lipinski definition) is 3. The number of aryl methyl sites for hydroxylation is 1. The number of rotatable bonds is 12. The second-order valence-corrected chi connectivity index (χ2v) is 7.25. The van der Waals surface area contributed by atoms with Gasteiger partial charge in [-0.25, -0.2) is 9.97 Å². The van der Waals surface area contributed by atoms with Crippen molar-refractivity contribution in [2.75, 3.05) is 6.61 Å². The lowest BCUT2D eigenvalue weighted by molar-refractivity contribution is 0.282. The highest BCUT2D eigenvalue weighted by Gasteiger charge is 2.04. The quantitative estimate of drug-likeness (QED) is 0.410. The monoisotopic (exact) mass is 354 g/mol. The van der Waals surface area contributed by atoms with Gasteiger partial charge < -0.3 is 4.74 Å². The van der Waals surface area contributed by atoms with Gasteiger partial charge in [0.1, 0.15) is 5.75 Å². The van der Waals surface area contributed by atoms with E-state index in [0.717, 1.165) is 36.6 Å². The third-order valence-corrected chi connectivity index (χ3v) is 4.96. The Morgan fingerprint density at radius 2 is 1.62 bits per heavy atom. The van der Waals surface area contributed by atoms with Crippen LogP contribution in [0.4, 0.5) is 0 Å². The molecule has 0 bridgehead atoms. The highest BCUT2D eigenvalue weighted by molar-refractivity contribution is 5.55. The summed E-state index contributed by atoms with van der Waals surface area (Å²) in [6, 6.07) is 8.10. The molecule has 0 aliphatic heterocycles. The molecule has 1 aromatic carbocycles. The fraction of sp³-hybridized carbons (Fsp3) is 0.565. The van der Waals surface area contributed by atoms with Crippen molar-refractivity contribution in [1.29, 1.82) is 0 Å². The van der Waals surface area contributed by atoms with Crippen LogP contribution < -0.4 is 4.74 Å². The Balaban J connectivity index is 1.81. The molecule has 1 heterocycles. The molecule has 0 saturated heterocycles. The van der Waals surface area contributed by atoms with Crippen molar-refractivity contribution < 1.29 is 4.74 Å². The zero-order valence-corrected chi connectivity index (χ0v) is 16.7. The molecule has 0 radical (unpaired) electrons. The standard InChI is InChI=1S/C23H34N2O/c1-4-6-7-8-9-10-20-17-24-23(25-18-20)21-11-13-22(14-12-21)26-16-15-19(3)5-2/h11-14,17-19H,4-10,15-16H2,1-3H3. The lowest BCUT2D eigenvalue weighted by atomic mass is 10.1. The van der Waals surface area contributed by atoms with Gasteiger partial charge in [0.25, 0.3) is 0 Å². The summed E-state index contributed by atoms with van der Waals surface area (Å²) in [5.41, 5.74) is 2.27. The first-order chi connectivity index (χ1) is 12.7. The highest BCUT2D eigenvalue weighted by Crippen LogP contribution is 2.20. The van der Waals surface area contributed by atoms with E-state index in [1.165, 1.54) is 44.1 Å². The first kappa shape index (κ1) is 20.4. The Kier molecular flexibility index (Phi) is 9.16. The molecule has 0 amide bonds. The van der Waals surface area contributed by atoms with Crippen LogP contribution in [0.25, 0.3) is 11.4 Å². The van der Waals surface area contributed by atoms with Gasteiger partial charge in [0.05, 0.1) is 6.61 Å². The molecular formula is C23H34N2O. The minimum atomic E-state index is 0.716. The Bertz CT molecular complexity index is 607. The largest absolute Gasteiger partial charge is 0.494 e. The summed E-state index contributed by atoms with van der Waals surface area (Å²) in [6.45, 7) is 7.51. The smallest absolute Gasteiger partial charge is 0.159 e. The van der Waals surface area contributed by atoms with Gasteiger partial charge in [-0.2, -0.15) is 0 Å². The van der Waals surface area contributed by atoms with Gasteiger partial charge in [-0.15, -0.1) is 0 Å². The maximum Gasteiger partial charge on any atom is 0.159 e. The number of hydrogen-bond donors (Lipinski definition) is 0. The SMILES string of the molecule is CCCCCCCc1cnc(-c2ccc(OCCC(C)CC)cc2)nc1. The summed E-state index contributed by atoms with van der Waals surface area (Å²) in [5, 5.41) is 0. The van der Waals surface area contributed by atoms with Crippen molar-refractivity contribution in [2.24, 2.45) is 5.92 Å². The first-order valence-corrected chi connectivity index (χ1v) is 10.3. The molecule has 142 valence electrons. The Morgan fingerprint density at radius 1 is 0.923 bits per heavy atom. The molecule has 1 atom stereocenters. The molecule has 26 heavy (non-hydrogen) atoms. The number of ether oxygens (including phenoxy) is 1. The number of aromatic nitrogens is 2. The van der Waals surface area contributed by atoms with Gasteiger partial charge in [-0.3, -0.25) is 0 Å². The topological polar surface area (TPSA) is 35.0 Å². The number of benzene rings is 1. The van der Waals surface area contributed by atoms with Crippen LogP contribution in [0.5, 0.6) is 5.75 Å². The van der Waals surface area contributed by atoms with Crippen LogP contribution in [-0.2, 0) is 6.42 Å². The van der Waals surface area contributed by atoms with Crippen molar-refractivity contribution in [1.82, 2.24) is 9.97 Å². The lowest BCUT2D eigenvalue weighted by Gasteiger charge is -2.10. The van der Waals surface area contributed by atoms with Gasteiger partial charge in [0.2, 0.25) is 0 Å². The van der Waals surface area contributed by atoms with E-state index in [9.17, 15) is 0 Å². The van der Waals surface area contributed by atoms with E-state index in [4.69, 9.17) is 4.74 Å². The van der Waals surface area contributed by atoms with Gasteiger partial charge in [0.15, 0.2) is 5.82 Å². The second kappa shape index (κ2) is 11.7. The van der Waals surface area contributed by atoms with Crippen LogP contribution in [-0.4, -0.2) is 16.6 Å². The average Bonchev–Trinajstić information content (AvgIpc) is 2.69. The summed E-state index contributed by atoms with van der Waals surface area (Å²) >= 11 is 0. The molecule has 0 fully saturated rings. The third-order valence-electron chi connectivity index (χ3n) is 4.96. The summed E-state index contributed by atoms with van der Waals surface area (Å²) in [7, 11) is 0. The molecule has 2 rings (SSSR count). The van der Waals surface area contributed by atoms with Crippen molar-refractivity contribution >= 4 is 0 Å². The van der Waals surface area contributed by atoms with E-state index >= 15 is 0 Å². The minimum Gasteiger partial charge on any atom is -0.494 e. The molecule has 0 saturated carbocycles. The Labute approximate surface area is 159 Å². The molecule has 1 aromatic heterocycles. The fourth-order valence-electron chi connectivity index (χ4n) is 2.85. The molecule has 2 aromatic rings. The van der Waals surface area contributed by atoms with Crippen molar-refractivity contribution in [3.63, 3.8) is 0 Å². The average molecular weight is 355 g/mol. The molecular weight excluding hydrogens is 320 g/mol. The maximum absolute atomic E-state index is 5.82. The van der Waals surface area contributed by atoms with Crippen molar-refractivity contribution in [3.8, 4) is 17.1 Å². The van der Waals surface area contributed by atoms with Gasteiger partial charge in [-0.05, 0) is 55.0 Å². The molecule has 0 aliphatic carbocycles. The van der Waals surface area contributed by atoms with E-state index in [0.29, 0.717) is 5.92 Å². The summed E-state index contributed by atoms with van der Waals surface area (Å²) in [6.07, 6.45) is 13.8. The molecule has 3 heteroatoms. The predicted molar refractivity (Wildman–Crippen MR) is 109 cm³/mol. The maximum atomic E-state index is 5.82. The van der Waals surface area contributed by atoms with E-state index in [1.807, 2.05) is 36.7 Å². The highest BCUT2D eigenvalue weighted by atomic mass is 16.5. The summed E-state index contributed by atoms with van der Waals surface area (Å²) < 4.78 is 5.82. The molecule has 0 spiro atoms. The number of unbranched alkanes of at least 4 members (excludes halogenated alkanes) is 4. The van der Waals surface area contributed by atoms with Crippen LogP contribution in [0.1, 0.15) is 71.3 Å². The zero-order valence-electron chi connectivity index (χ0n) is 16.7. The summed E-state index contributed by atoms with van der Waals surface area (Å²) in [4.78, 5) is 9.08. The Hall–Kier alpha value is -1.90. The van der Waals surface area contributed by atoms with Gasteiger partial charge in [-0.1, -0.05) is 52.9 Å². The minimum absolute atomic E-state index is 0.716. The first-order valence-electron chi connectivity index (χ1n) is 10.3.